The smallest absolute Gasteiger partial charge is 0.222 e. The molecule has 2 atom stereocenters. The highest BCUT2D eigenvalue weighted by Gasteiger charge is 2.32. The average molecular weight is 338 g/mol. The maximum absolute atomic E-state index is 11.9. The molecule has 25 heavy (non-hydrogen) atoms. The van der Waals surface area contributed by atoms with Gasteiger partial charge in [0.05, 0.1) is 6.10 Å². The third-order valence-corrected chi connectivity index (χ3v) is 4.88. The summed E-state index contributed by atoms with van der Waals surface area (Å²) in [7, 11) is 3.52. The van der Waals surface area contributed by atoms with Gasteiger partial charge in [0.2, 0.25) is 5.91 Å². The lowest BCUT2D eigenvalue weighted by atomic mass is 10.0. The molecule has 1 saturated heterocycles. The molecule has 0 unspecified atom stereocenters. The largest absolute Gasteiger partial charge is 0.391 e. The molecule has 4 heteroatoms. The summed E-state index contributed by atoms with van der Waals surface area (Å²) in [4.78, 5) is 15.7. The van der Waals surface area contributed by atoms with E-state index in [0.29, 0.717) is 13.0 Å². The Labute approximate surface area is 149 Å². The van der Waals surface area contributed by atoms with E-state index in [1.54, 1.807) is 19.0 Å². The average Bonchev–Trinajstić information content (AvgIpc) is 2.95. The number of nitrogens with zero attached hydrogens (tertiary/aromatic N) is 2. The van der Waals surface area contributed by atoms with Gasteiger partial charge >= 0.3 is 0 Å². The Morgan fingerprint density at radius 3 is 2.32 bits per heavy atom. The van der Waals surface area contributed by atoms with Crippen molar-refractivity contribution in [2.24, 2.45) is 5.92 Å². The highest BCUT2D eigenvalue weighted by atomic mass is 16.3. The maximum Gasteiger partial charge on any atom is 0.222 e. The minimum Gasteiger partial charge on any atom is -0.391 e. The number of aliphatic hydroxyl groups excluding tert-OH is 1. The van der Waals surface area contributed by atoms with Crippen LogP contribution in [0.4, 0.5) is 0 Å². The van der Waals surface area contributed by atoms with Gasteiger partial charge in [0.15, 0.2) is 0 Å². The lowest BCUT2D eigenvalue weighted by Crippen LogP contribution is -2.28. The molecule has 1 aliphatic heterocycles. The van der Waals surface area contributed by atoms with Gasteiger partial charge in [0.1, 0.15) is 0 Å². The third kappa shape index (κ3) is 4.47. The van der Waals surface area contributed by atoms with Crippen LogP contribution in [0.15, 0.2) is 54.6 Å². The predicted molar refractivity (Wildman–Crippen MR) is 100.0 cm³/mol. The van der Waals surface area contributed by atoms with Crippen LogP contribution in [-0.2, 0) is 11.3 Å². The third-order valence-electron chi connectivity index (χ3n) is 4.88. The Morgan fingerprint density at radius 2 is 1.68 bits per heavy atom. The van der Waals surface area contributed by atoms with E-state index in [1.807, 2.05) is 18.2 Å². The van der Waals surface area contributed by atoms with E-state index in [4.69, 9.17) is 0 Å². The number of aliphatic hydroxyl groups is 1. The molecule has 0 bridgehead atoms. The number of hydrogen-bond acceptors (Lipinski definition) is 3. The number of amides is 1. The lowest BCUT2D eigenvalue weighted by molar-refractivity contribution is -0.130. The number of carbonyl (C=O) groups is 1. The van der Waals surface area contributed by atoms with Crippen LogP contribution in [-0.4, -0.2) is 54.1 Å². The molecule has 3 rings (SSSR count). The van der Waals surface area contributed by atoms with Crippen LogP contribution in [0.3, 0.4) is 0 Å². The highest BCUT2D eigenvalue weighted by Crippen LogP contribution is 2.24. The molecular formula is C21H26N2O2. The summed E-state index contributed by atoms with van der Waals surface area (Å²) in [6, 6.07) is 18.9. The Kier molecular flexibility index (Phi) is 5.51. The second kappa shape index (κ2) is 7.81. The van der Waals surface area contributed by atoms with Gasteiger partial charge in [-0.1, -0.05) is 54.6 Å². The molecule has 132 valence electrons. The van der Waals surface area contributed by atoms with E-state index in [9.17, 15) is 9.90 Å². The molecule has 0 radical (unpaired) electrons. The van der Waals surface area contributed by atoms with Crippen molar-refractivity contribution in [3.63, 3.8) is 0 Å². The lowest BCUT2D eigenvalue weighted by Gasteiger charge is -2.17. The minimum absolute atomic E-state index is 0.0264. The Morgan fingerprint density at radius 1 is 1.04 bits per heavy atom. The van der Waals surface area contributed by atoms with Crippen molar-refractivity contribution in [3.8, 4) is 11.1 Å². The molecule has 1 amide bonds. The van der Waals surface area contributed by atoms with Gasteiger partial charge in [-0.25, -0.2) is 0 Å². The first-order valence-corrected chi connectivity index (χ1v) is 8.78. The van der Waals surface area contributed by atoms with Crippen molar-refractivity contribution in [3.05, 3.63) is 60.2 Å². The first-order valence-electron chi connectivity index (χ1n) is 8.78. The fraction of sp³-hybridized carbons (Fsp3) is 0.381. The van der Waals surface area contributed by atoms with Crippen LogP contribution in [0.2, 0.25) is 0 Å². The van der Waals surface area contributed by atoms with Gasteiger partial charge in [-0.05, 0) is 16.7 Å². The molecule has 2 aromatic rings. The van der Waals surface area contributed by atoms with Gasteiger partial charge < -0.3 is 10.0 Å². The van der Waals surface area contributed by atoms with Crippen molar-refractivity contribution in [1.29, 1.82) is 0 Å². The summed E-state index contributed by atoms with van der Waals surface area (Å²) in [5.41, 5.74) is 3.65. The number of likely N-dealkylation sites (tertiary alicyclic amines) is 1. The number of benzene rings is 2. The van der Waals surface area contributed by atoms with Gasteiger partial charge in [-0.2, -0.15) is 0 Å². The minimum atomic E-state index is -0.424. The summed E-state index contributed by atoms with van der Waals surface area (Å²) in [6.45, 7) is 2.20. The van der Waals surface area contributed by atoms with E-state index in [-0.39, 0.29) is 11.8 Å². The van der Waals surface area contributed by atoms with Gasteiger partial charge in [0, 0.05) is 46.1 Å². The highest BCUT2D eigenvalue weighted by molar-refractivity contribution is 5.75. The Bertz CT molecular complexity index is 698. The van der Waals surface area contributed by atoms with E-state index in [1.165, 1.54) is 16.7 Å². The molecule has 1 heterocycles. The topological polar surface area (TPSA) is 43.8 Å². The quantitative estimate of drug-likeness (QED) is 0.911. The fourth-order valence-corrected chi connectivity index (χ4v) is 3.37. The maximum atomic E-state index is 11.9. The SMILES string of the molecule is CN(C)C(=O)C[C@@H]1CN(Cc2ccc(-c3ccccc3)cc2)C[C@H]1O. The normalized spacial score (nSPS) is 20.6. The van der Waals surface area contributed by atoms with Gasteiger partial charge in [-0.15, -0.1) is 0 Å². The van der Waals surface area contributed by atoms with E-state index in [0.717, 1.165) is 13.1 Å². The molecule has 1 N–H and O–H groups in total. The van der Waals surface area contributed by atoms with Gasteiger partial charge in [0.25, 0.3) is 0 Å². The zero-order valence-electron chi connectivity index (χ0n) is 14.9. The number of rotatable bonds is 5. The zero-order valence-corrected chi connectivity index (χ0v) is 14.9. The van der Waals surface area contributed by atoms with Gasteiger partial charge in [-0.3, -0.25) is 9.69 Å². The van der Waals surface area contributed by atoms with Crippen molar-refractivity contribution in [2.45, 2.75) is 19.1 Å². The summed E-state index contributed by atoms with van der Waals surface area (Å²) in [6.07, 6.45) is -0.00932. The van der Waals surface area contributed by atoms with E-state index in [2.05, 4.69) is 41.3 Å². The molecule has 4 nitrogen and oxygen atoms in total. The summed E-state index contributed by atoms with van der Waals surface area (Å²) < 4.78 is 0. The number of hydrogen-bond donors (Lipinski definition) is 1. The fourth-order valence-electron chi connectivity index (χ4n) is 3.37. The van der Waals surface area contributed by atoms with Crippen molar-refractivity contribution >= 4 is 5.91 Å². The molecular weight excluding hydrogens is 312 g/mol. The monoisotopic (exact) mass is 338 g/mol. The molecule has 1 fully saturated rings. The molecule has 0 spiro atoms. The number of carbonyl (C=O) groups excluding carboxylic acids is 1. The Balaban J connectivity index is 1.59. The predicted octanol–water partition coefficient (Wildman–Crippen LogP) is 2.62. The van der Waals surface area contributed by atoms with Crippen LogP contribution >= 0.6 is 0 Å². The second-order valence-corrected chi connectivity index (χ2v) is 7.08. The standard InChI is InChI=1S/C21H26N2O2/c1-22(2)21(25)12-19-14-23(15-20(19)24)13-16-8-10-18(11-9-16)17-6-4-3-5-7-17/h3-11,19-20,24H,12-15H2,1-2H3/t19-,20-/m1/s1. The Hall–Kier alpha value is -2.17. The van der Waals surface area contributed by atoms with Crippen molar-refractivity contribution in [2.75, 3.05) is 27.2 Å². The van der Waals surface area contributed by atoms with Crippen molar-refractivity contribution < 1.29 is 9.90 Å². The van der Waals surface area contributed by atoms with E-state index < -0.39 is 6.10 Å². The molecule has 2 aromatic carbocycles. The first kappa shape index (κ1) is 17.6. The van der Waals surface area contributed by atoms with Crippen LogP contribution in [0.5, 0.6) is 0 Å². The van der Waals surface area contributed by atoms with Crippen LogP contribution in [0, 0.1) is 5.92 Å². The molecule has 0 aliphatic carbocycles. The van der Waals surface area contributed by atoms with Crippen LogP contribution in [0.25, 0.3) is 11.1 Å². The second-order valence-electron chi connectivity index (χ2n) is 7.08. The summed E-state index contributed by atoms with van der Waals surface area (Å²) >= 11 is 0. The van der Waals surface area contributed by atoms with E-state index >= 15 is 0 Å². The van der Waals surface area contributed by atoms with Crippen LogP contribution < -0.4 is 0 Å². The van der Waals surface area contributed by atoms with Crippen LogP contribution in [0.1, 0.15) is 12.0 Å². The summed E-state index contributed by atoms with van der Waals surface area (Å²) in [5.74, 6) is 0.108. The molecule has 0 saturated carbocycles. The number of β-amino-alcohol motifs (C(OH)–C–C–N with tert-alkyl or cyclic N) is 1. The summed E-state index contributed by atoms with van der Waals surface area (Å²) in [5, 5.41) is 10.2. The molecule has 0 aromatic heterocycles. The molecule has 1 aliphatic rings. The first-order chi connectivity index (χ1) is 12.0. The zero-order chi connectivity index (χ0) is 17.8. The van der Waals surface area contributed by atoms with Crippen molar-refractivity contribution in [1.82, 2.24) is 9.80 Å².